The molecule has 0 aliphatic carbocycles. The Balaban J connectivity index is 1.59. The fraction of sp³-hybridized carbons (Fsp3) is 0.611. The predicted octanol–water partition coefficient (Wildman–Crippen LogP) is 2.15. The van der Waals surface area contributed by atoms with Gasteiger partial charge >= 0.3 is 0 Å². The van der Waals surface area contributed by atoms with E-state index in [0.29, 0.717) is 5.91 Å². The number of rotatable bonds is 3. The van der Waals surface area contributed by atoms with Gasteiger partial charge in [0, 0.05) is 23.7 Å². The number of piperidine rings is 2. The highest BCUT2D eigenvalue weighted by atomic mass is 35.5. The largest absolute Gasteiger partial charge is 0.342 e. The van der Waals surface area contributed by atoms with E-state index in [0.717, 1.165) is 50.6 Å². The lowest BCUT2D eigenvalue weighted by molar-refractivity contribution is -0.921. The minimum Gasteiger partial charge on any atom is -0.342 e. The van der Waals surface area contributed by atoms with Gasteiger partial charge in [-0.15, -0.1) is 0 Å². The molecular formula is C18H26ClN2O+. The zero-order chi connectivity index (χ0) is 15.4. The lowest BCUT2D eigenvalue weighted by atomic mass is 9.95. The molecule has 0 spiro atoms. The van der Waals surface area contributed by atoms with E-state index >= 15 is 0 Å². The quantitative estimate of drug-likeness (QED) is 0.906. The highest BCUT2D eigenvalue weighted by molar-refractivity contribution is 6.31. The molecule has 1 unspecified atom stereocenters. The van der Waals surface area contributed by atoms with E-state index in [-0.39, 0.29) is 5.92 Å². The van der Waals surface area contributed by atoms with Crippen molar-refractivity contribution < 1.29 is 9.69 Å². The number of hydrogen-bond donors (Lipinski definition) is 1. The van der Waals surface area contributed by atoms with Gasteiger partial charge in [-0.2, -0.15) is 0 Å². The first-order valence-electron chi connectivity index (χ1n) is 8.60. The predicted molar refractivity (Wildman–Crippen MR) is 89.0 cm³/mol. The summed E-state index contributed by atoms with van der Waals surface area (Å²) in [6.45, 7) is 4.98. The van der Waals surface area contributed by atoms with Crippen molar-refractivity contribution in [2.24, 2.45) is 5.92 Å². The van der Waals surface area contributed by atoms with E-state index in [2.05, 4.69) is 11.0 Å². The van der Waals surface area contributed by atoms with Gasteiger partial charge in [-0.1, -0.05) is 29.8 Å². The second-order valence-corrected chi connectivity index (χ2v) is 7.10. The summed E-state index contributed by atoms with van der Waals surface area (Å²) in [6, 6.07) is 8.07. The lowest BCUT2D eigenvalue weighted by Gasteiger charge is -2.34. The SMILES string of the molecule is O=C([C@@H]1CCC[NH+](Cc2ccccc2Cl)C1)N1CCCCC1. The van der Waals surface area contributed by atoms with Crippen molar-refractivity contribution in [2.75, 3.05) is 26.2 Å². The smallest absolute Gasteiger partial charge is 0.231 e. The summed E-state index contributed by atoms with van der Waals surface area (Å²) < 4.78 is 0. The molecule has 1 amide bonds. The summed E-state index contributed by atoms with van der Waals surface area (Å²) in [7, 11) is 0. The summed E-state index contributed by atoms with van der Waals surface area (Å²) in [5.41, 5.74) is 1.20. The maximum atomic E-state index is 12.7. The van der Waals surface area contributed by atoms with Crippen molar-refractivity contribution in [2.45, 2.75) is 38.6 Å². The summed E-state index contributed by atoms with van der Waals surface area (Å²) in [5.74, 6) is 0.611. The van der Waals surface area contributed by atoms with Crippen LogP contribution in [0.4, 0.5) is 0 Å². The van der Waals surface area contributed by atoms with Crippen molar-refractivity contribution in [3.05, 3.63) is 34.9 Å². The van der Waals surface area contributed by atoms with Gasteiger partial charge in [-0.05, 0) is 38.2 Å². The molecule has 2 aliphatic rings. The minimum absolute atomic E-state index is 0.212. The third-order valence-corrected chi connectivity index (χ3v) is 5.40. The third kappa shape index (κ3) is 3.82. The number of halogens is 1. The Bertz CT molecular complexity index is 514. The van der Waals surface area contributed by atoms with Crippen LogP contribution in [0.2, 0.25) is 5.02 Å². The van der Waals surface area contributed by atoms with Gasteiger partial charge in [0.2, 0.25) is 5.91 Å². The van der Waals surface area contributed by atoms with Gasteiger partial charge in [0.25, 0.3) is 0 Å². The summed E-state index contributed by atoms with van der Waals surface area (Å²) in [6.07, 6.45) is 5.83. The van der Waals surface area contributed by atoms with Crippen LogP contribution in [0.1, 0.15) is 37.7 Å². The molecule has 120 valence electrons. The molecule has 0 saturated carbocycles. The van der Waals surface area contributed by atoms with E-state index in [1.54, 1.807) is 0 Å². The van der Waals surface area contributed by atoms with Crippen LogP contribution < -0.4 is 4.90 Å². The standard InChI is InChI=1S/C18H25ClN2O/c19-17-9-3-2-7-15(17)13-20-10-6-8-16(14-20)18(22)21-11-4-1-5-12-21/h2-3,7,9,16H,1,4-6,8,10-14H2/p+1/t16-/m1/s1. The number of amides is 1. The number of hydrogen-bond acceptors (Lipinski definition) is 1. The van der Waals surface area contributed by atoms with Crippen LogP contribution in [-0.4, -0.2) is 37.0 Å². The monoisotopic (exact) mass is 321 g/mol. The molecule has 3 rings (SSSR count). The van der Waals surface area contributed by atoms with Gasteiger partial charge in [0.15, 0.2) is 0 Å². The van der Waals surface area contributed by atoms with Crippen molar-refractivity contribution in [3.63, 3.8) is 0 Å². The number of carbonyl (C=O) groups excluding carboxylic acids is 1. The van der Waals surface area contributed by atoms with E-state index < -0.39 is 0 Å². The van der Waals surface area contributed by atoms with E-state index in [9.17, 15) is 4.79 Å². The molecule has 3 nitrogen and oxygen atoms in total. The van der Waals surface area contributed by atoms with Gasteiger partial charge in [0.1, 0.15) is 6.54 Å². The Hall–Kier alpha value is -1.06. The maximum Gasteiger partial charge on any atom is 0.231 e. The van der Waals surface area contributed by atoms with E-state index in [4.69, 9.17) is 11.6 Å². The molecule has 0 aromatic heterocycles. The molecule has 1 aromatic rings. The van der Waals surface area contributed by atoms with Crippen LogP contribution >= 0.6 is 11.6 Å². The zero-order valence-corrected chi connectivity index (χ0v) is 13.9. The van der Waals surface area contributed by atoms with Crippen LogP contribution in [0, 0.1) is 5.92 Å². The summed E-state index contributed by atoms with van der Waals surface area (Å²) in [4.78, 5) is 16.3. The molecule has 2 heterocycles. The van der Waals surface area contributed by atoms with Gasteiger partial charge in [-0.25, -0.2) is 0 Å². The Labute approximate surface area is 138 Å². The Morgan fingerprint density at radius 3 is 2.73 bits per heavy atom. The molecule has 0 radical (unpaired) electrons. The van der Waals surface area contributed by atoms with Crippen molar-refractivity contribution in [1.29, 1.82) is 0 Å². The highest BCUT2D eigenvalue weighted by Gasteiger charge is 2.32. The van der Waals surface area contributed by atoms with Crippen LogP contribution in [0.3, 0.4) is 0 Å². The fourth-order valence-electron chi connectivity index (χ4n) is 3.81. The number of carbonyl (C=O) groups is 1. The topological polar surface area (TPSA) is 24.8 Å². The minimum atomic E-state index is 0.212. The number of benzene rings is 1. The summed E-state index contributed by atoms with van der Waals surface area (Å²) >= 11 is 6.28. The van der Waals surface area contributed by atoms with Gasteiger partial charge in [-0.3, -0.25) is 4.79 Å². The zero-order valence-electron chi connectivity index (χ0n) is 13.2. The average Bonchev–Trinajstić information content (AvgIpc) is 2.57. The Morgan fingerprint density at radius 1 is 1.18 bits per heavy atom. The molecule has 2 fully saturated rings. The first kappa shape index (κ1) is 15.8. The second-order valence-electron chi connectivity index (χ2n) is 6.70. The number of nitrogens with one attached hydrogen (secondary N) is 1. The molecule has 2 atom stereocenters. The second kappa shape index (κ2) is 7.47. The fourth-order valence-corrected chi connectivity index (χ4v) is 4.01. The Morgan fingerprint density at radius 2 is 1.95 bits per heavy atom. The first-order valence-corrected chi connectivity index (χ1v) is 8.97. The van der Waals surface area contributed by atoms with Crippen LogP contribution in [0.5, 0.6) is 0 Å². The van der Waals surface area contributed by atoms with Crippen molar-refractivity contribution in [3.8, 4) is 0 Å². The summed E-state index contributed by atoms with van der Waals surface area (Å²) in [5, 5.41) is 0.847. The third-order valence-electron chi connectivity index (χ3n) is 5.03. The normalized spacial score (nSPS) is 26.0. The molecular weight excluding hydrogens is 296 g/mol. The number of likely N-dealkylation sites (tertiary alicyclic amines) is 2. The van der Waals surface area contributed by atoms with Gasteiger partial charge in [0.05, 0.1) is 19.0 Å². The van der Waals surface area contributed by atoms with E-state index in [1.165, 1.54) is 29.7 Å². The highest BCUT2D eigenvalue weighted by Crippen LogP contribution is 2.17. The molecule has 2 saturated heterocycles. The molecule has 22 heavy (non-hydrogen) atoms. The van der Waals surface area contributed by atoms with Crippen LogP contribution in [0.15, 0.2) is 24.3 Å². The molecule has 0 bridgehead atoms. The number of nitrogens with zero attached hydrogens (tertiary/aromatic N) is 1. The van der Waals surface area contributed by atoms with Crippen LogP contribution in [0.25, 0.3) is 0 Å². The molecule has 1 N–H and O–H groups in total. The Kier molecular flexibility index (Phi) is 5.37. The molecule has 1 aromatic carbocycles. The molecule has 4 heteroatoms. The maximum absolute atomic E-state index is 12.7. The van der Waals surface area contributed by atoms with E-state index in [1.807, 2.05) is 18.2 Å². The van der Waals surface area contributed by atoms with Crippen molar-refractivity contribution >= 4 is 17.5 Å². The van der Waals surface area contributed by atoms with Crippen molar-refractivity contribution in [1.82, 2.24) is 4.90 Å². The lowest BCUT2D eigenvalue weighted by Crippen LogP contribution is -3.12. The van der Waals surface area contributed by atoms with Gasteiger partial charge < -0.3 is 9.80 Å². The average molecular weight is 322 g/mol. The number of quaternary nitrogens is 1. The van der Waals surface area contributed by atoms with Crippen LogP contribution in [-0.2, 0) is 11.3 Å². The first-order chi connectivity index (χ1) is 10.7. The molecule has 2 aliphatic heterocycles.